The number of hydrogen-bond donors (Lipinski definition) is 1. The number of hydrogen-bond acceptors (Lipinski definition) is 3. The summed E-state index contributed by atoms with van der Waals surface area (Å²) in [5, 5.41) is 8.42. The number of rotatable bonds is 3. The van der Waals surface area contributed by atoms with Crippen LogP contribution in [-0.2, 0) is 4.79 Å². The first-order valence-electron chi connectivity index (χ1n) is 4.83. The number of aromatic nitrogens is 3. The second kappa shape index (κ2) is 3.68. The fourth-order valence-corrected chi connectivity index (χ4v) is 1.49. The average molecular weight is 204 g/mol. The molecule has 1 heterocycles. The summed E-state index contributed by atoms with van der Waals surface area (Å²) in [7, 11) is 0. The molecule has 0 saturated heterocycles. The molecule has 0 radical (unpaired) electrons. The van der Waals surface area contributed by atoms with Crippen LogP contribution >= 0.6 is 0 Å². The zero-order chi connectivity index (χ0) is 10.8. The maximum absolute atomic E-state index is 11.1. The molecule has 0 saturated carbocycles. The molecule has 78 valence electrons. The van der Waals surface area contributed by atoms with Crippen molar-refractivity contribution < 1.29 is 4.79 Å². The normalized spacial score (nSPS) is 12.9. The van der Waals surface area contributed by atoms with Gasteiger partial charge in [0.15, 0.2) is 0 Å². The van der Waals surface area contributed by atoms with Crippen molar-refractivity contribution in [1.82, 2.24) is 15.0 Å². The van der Waals surface area contributed by atoms with E-state index >= 15 is 0 Å². The average Bonchev–Trinajstić information content (AvgIpc) is 2.61. The molecule has 0 spiro atoms. The molecule has 0 aliphatic heterocycles. The number of amides is 1. The highest BCUT2D eigenvalue weighted by Crippen LogP contribution is 2.13. The molecule has 2 N–H and O–H groups in total. The minimum absolute atomic E-state index is 0.405. The Hall–Kier alpha value is -1.91. The van der Waals surface area contributed by atoms with Crippen molar-refractivity contribution in [2.75, 3.05) is 0 Å². The predicted molar refractivity (Wildman–Crippen MR) is 56.1 cm³/mol. The lowest BCUT2D eigenvalue weighted by molar-refractivity contribution is -0.121. The fourth-order valence-electron chi connectivity index (χ4n) is 1.49. The van der Waals surface area contributed by atoms with Gasteiger partial charge in [-0.25, -0.2) is 0 Å². The number of fused-ring (bicyclic) bond motifs is 1. The molecule has 15 heavy (non-hydrogen) atoms. The van der Waals surface area contributed by atoms with Crippen LogP contribution in [0.4, 0.5) is 0 Å². The third-order valence-electron chi connectivity index (χ3n) is 2.30. The van der Waals surface area contributed by atoms with E-state index < -0.39 is 11.9 Å². The SMILES string of the molecule is CCC(C(N)=O)n1nc2ccccc2n1. The summed E-state index contributed by atoms with van der Waals surface area (Å²) in [6.07, 6.45) is 0.594. The number of primary amides is 1. The van der Waals surface area contributed by atoms with E-state index in [1.54, 1.807) is 0 Å². The quantitative estimate of drug-likeness (QED) is 0.806. The third kappa shape index (κ3) is 1.68. The Morgan fingerprint density at radius 1 is 1.40 bits per heavy atom. The Balaban J connectivity index is 2.47. The van der Waals surface area contributed by atoms with Gasteiger partial charge in [0.1, 0.15) is 17.1 Å². The number of nitrogens with two attached hydrogens (primary N) is 1. The number of benzene rings is 1. The van der Waals surface area contributed by atoms with Crippen molar-refractivity contribution in [1.29, 1.82) is 0 Å². The van der Waals surface area contributed by atoms with Crippen LogP contribution in [0.3, 0.4) is 0 Å². The summed E-state index contributed by atoms with van der Waals surface area (Å²) in [4.78, 5) is 12.5. The fraction of sp³-hybridized carbons (Fsp3) is 0.300. The van der Waals surface area contributed by atoms with E-state index in [1.807, 2.05) is 31.2 Å². The number of nitrogens with zero attached hydrogens (tertiary/aromatic N) is 3. The van der Waals surface area contributed by atoms with Crippen LogP contribution in [0.15, 0.2) is 24.3 Å². The minimum Gasteiger partial charge on any atom is -0.368 e. The van der Waals surface area contributed by atoms with E-state index in [4.69, 9.17) is 5.73 Å². The lowest BCUT2D eigenvalue weighted by Crippen LogP contribution is -2.27. The van der Waals surface area contributed by atoms with Crippen LogP contribution in [0.2, 0.25) is 0 Å². The lowest BCUT2D eigenvalue weighted by Gasteiger charge is -2.08. The van der Waals surface area contributed by atoms with Crippen molar-refractivity contribution in [3.8, 4) is 0 Å². The first-order valence-corrected chi connectivity index (χ1v) is 4.83. The van der Waals surface area contributed by atoms with Gasteiger partial charge in [-0.3, -0.25) is 4.79 Å². The van der Waals surface area contributed by atoms with Gasteiger partial charge in [0.2, 0.25) is 5.91 Å². The molecular formula is C10H12N4O. The molecule has 5 nitrogen and oxygen atoms in total. The summed E-state index contributed by atoms with van der Waals surface area (Å²) in [5.74, 6) is -0.405. The van der Waals surface area contributed by atoms with Crippen LogP contribution in [0, 0.1) is 0 Å². The highest BCUT2D eigenvalue weighted by atomic mass is 16.1. The zero-order valence-corrected chi connectivity index (χ0v) is 8.42. The van der Waals surface area contributed by atoms with E-state index in [9.17, 15) is 4.79 Å². The molecule has 1 unspecified atom stereocenters. The summed E-state index contributed by atoms with van der Waals surface area (Å²) >= 11 is 0. The van der Waals surface area contributed by atoms with Gasteiger partial charge in [0.25, 0.3) is 0 Å². The van der Waals surface area contributed by atoms with E-state index in [1.165, 1.54) is 4.80 Å². The molecule has 0 bridgehead atoms. The van der Waals surface area contributed by atoms with Crippen LogP contribution in [0.25, 0.3) is 11.0 Å². The van der Waals surface area contributed by atoms with Gasteiger partial charge < -0.3 is 5.73 Å². The molecule has 0 aliphatic rings. The summed E-state index contributed by atoms with van der Waals surface area (Å²) in [6, 6.07) is 7.01. The molecule has 0 fully saturated rings. The predicted octanol–water partition coefficient (Wildman–Crippen LogP) is 0.868. The zero-order valence-electron chi connectivity index (χ0n) is 8.42. The molecule has 1 aromatic carbocycles. The molecule has 5 heteroatoms. The topological polar surface area (TPSA) is 73.8 Å². The molecule has 2 aromatic rings. The van der Waals surface area contributed by atoms with Crippen molar-refractivity contribution in [2.24, 2.45) is 5.73 Å². The van der Waals surface area contributed by atoms with E-state index in [0.717, 1.165) is 11.0 Å². The number of carbonyl (C=O) groups excluding carboxylic acids is 1. The van der Waals surface area contributed by atoms with Crippen molar-refractivity contribution in [3.05, 3.63) is 24.3 Å². The highest BCUT2D eigenvalue weighted by Gasteiger charge is 2.17. The van der Waals surface area contributed by atoms with Gasteiger partial charge >= 0.3 is 0 Å². The maximum atomic E-state index is 11.1. The van der Waals surface area contributed by atoms with E-state index in [-0.39, 0.29) is 0 Å². The van der Waals surface area contributed by atoms with Crippen LogP contribution in [0.5, 0.6) is 0 Å². The van der Waals surface area contributed by atoms with E-state index in [0.29, 0.717) is 6.42 Å². The van der Waals surface area contributed by atoms with Crippen LogP contribution in [-0.4, -0.2) is 20.9 Å². The van der Waals surface area contributed by atoms with Gasteiger partial charge in [0, 0.05) is 0 Å². The second-order valence-electron chi connectivity index (χ2n) is 3.34. The van der Waals surface area contributed by atoms with Gasteiger partial charge in [-0.05, 0) is 18.6 Å². The lowest BCUT2D eigenvalue weighted by atomic mass is 10.2. The first-order chi connectivity index (χ1) is 7.22. The summed E-state index contributed by atoms with van der Waals surface area (Å²) in [6.45, 7) is 1.88. The second-order valence-corrected chi connectivity index (χ2v) is 3.34. The summed E-state index contributed by atoms with van der Waals surface area (Å²) in [5.41, 5.74) is 6.81. The molecule has 1 aromatic heterocycles. The molecule has 1 atom stereocenters. The van der Waals surface area contributed by atoms with Crippen molar-refractivity contribution in [2.45, 2.75) is 19.4 Å². The molecule has 0 aliphatic carbocycles. The number of carbonyl (C=O) groups is 1. The monoisotopic (exact) mass is 204 g/mol. The standard InChI is InChI=1S/C10H12N4O/c1-2-9(10(11)15)14-12-7-5-3-4-6-8(7)13-14/h3-6,9H,2H2,1H3,(H2,11,15). The Morgan fingerprint density at radius 2 is 1.93 bits per heavy atom. The first kappa shape index (κ1) is 9.64. The molecule has 2 rings (SSSR count). The Kier molecular flexibility index (Phi) is 2.37. The van der Waals surface area contributed by atoms with Crippen LogP contribution in [0.1, 0.15) is 19.4 Å². The third-order valence-corrected chi connectivity index (χ3v) is 2.30. The van der Waals surface area contributed by atoms with Crippen LogP contribution < -0.4 is 5.73 Å². The molecular weight excluding hydrogens is 192 g/mol. The van der Waals surface area contributed by atoms with Gasteiger partial charge in [-0.2, -0.15) is 15.0 Å². The van der Waals surface area contributed by atoms with Gasteiger partial charge in [0.05, 0.1) is 0 Å². The largest absolute Gasteiger partial charge is 0.368 e. The van der Waals surface area contributed by atoms with Gasteiger partial charge in [-0.1, -0.05) is 19.1 Å². The van der Waals surface area contributed by atoms with Gasteiger partial charge in [-0.15, -0.1) is 0 Å². The van der Waals surface area contributed by atoms with E-state index in [2.05, 4.69) is 10.2 Å². The maximum Gasteiger partial charge on any atom is 0.244 e. The van der Waals surface area contributed by atoms with Crippen molar-refractivity contribution >= 4 is 16.9 Å². The Bertz CT molecular complexity index is 458. The Labute approximate surface area is 86.9 Å². The smallest absolute Gasteiger partial charge is 0.244 e. The summed E-state index contributed by atoms with van der Waals surface area (Å²) < 4.78 is 0. The Morgan fingerprint density at radius 3 is 2.33 bits per heavy atom. The van der Waals surface area contributed by atoms with Crippen molar-refractivity contribution in [3.63, 3.8) is 0 Å². The molecule has 1 amide bonds. The minimum atomic E-state index is -0.461. The highest BCUT2D eigenvalue weighted by molar-refractivity contribution is 5.79.